The molecule has 0 saturated heterocycles. The van der Waals surface area contributed by atoms with Gasteiger partial charge >= 0.3 is 0 Å². The molecule has 5 rings (SSSR count). The first-order chi connectivity index (χ1) is 17.5. The predicted octanol–water partition coefficient (Wildman–Crippen LogP) is 4.44. The number of carbonyl (C=O) groups excluding carboxylic acids is 3. The third kappa shape index (κ3) is 4.71. The summed E-state index contributed by atoms with van der Waals surface area (Å²) in [5.74, 6) is 0.0977. The van der Waals surface area contributed by atoms with Crippen LogP contribution in [0.25, 0.3) is 0 Å². The molecule has 4 aliphatic rings. The number of thioether (sulfide) groups is 1. The van der Waals surface area contributed by atoms with Crippen molar-refractivity contribution in [3.8, 4) is 0 Å². The number of Topliss-reactive ketones (excluding diaryl/α,β-unsaturated/α-hetero) is 1. The monoisotopic (exact) mass is 527 g/mol. The first kappa shape index (κ1) is 26.6. The van der Waals surface area contributed by atoms with Crippen molar-refractivity contribution in [3.63, 3.8) is 0 Å². The molecule has 37 heavy (non-hydrogen) atoms. The molecular formula is C29H37NO6S. The number of aliphatic hydroxyl groups excluding tert-OH is 1. The minimum absolute atomic E-state index is 0.0104. The molecule has 4 aliphatic carbocycles. The van der Waals surface area contributed by atoms with E-state index in [0.717, 1.165) is 42.2 Å². The van der Waals surface area contributed by atoms with Crippen molar-refractivity contribution in [1.29, 1.82) is 0 Å². The van der Waals surface area contributed by atoms with Crippen LogP contribution in [0.4, 0.5) is 0 Å². The van der Waals surface area contributed by atoms with Crippen molar-refractivity contribution in [2.45, 2.75) is 59.1 Å². The minimum atomic E-state index is -0.608. The zero-order valence-electron chi connectivity index (χ0n) is 21.8. The summed E-state index contributed by atoms with van der Waals surface area (Å²) in [7, 11) is 0. The van der Waals surface area contributed by atoms with E-state index >= 15 is 0 Å². The number of nitrogens with zero attached hydrogens (tertiary/aromatic N) is 1. The Kier molecular flexibility index (Phi) is 7.15. The van der Waals surface area contributed by atoms with Gasteiger partial charge in [-0.3, -0.25) is 14.4 Å². The van der Waals surface area contributed by atoms with Crippen molar-refractivity contribution in [1.82, 2.24) is 5.06 Å². The second-order valence-corrected chi connectivity index (χ2v) is 13.2. The highest BCUT2D eigenvalue weighted by atomic mass is 32.2. The van der Waals surface area contributed by atoms with Gasteiger partial charge in [0, 0.05) is 36.3 Å². The zero-order chi connectivity index (χ0) is 26.5. The van der Waals surface area contributed by atoms with Crippen LogP contribution in [0.15, 0.2) is 46.8 Å². The average Bonchev–Trinajstić information content (AvgIpc) is 3.42. The summed E-state index contributed by atoms with van der Waals surface area (Å²) in [5, 5.41) is 23.7. The Hall–Kier alpha value is -2.00. The quantitative estimate of drug-likeness (QED) is 0.501. The van der Waals surface area contributed by atoms with E-state index in [2.05, 4.69) is 13.8 Å². The van der Waals surface area contributed by atoms with Crippen LogP contribution >= 0.6 is 11.8 Å². The molecule has 0 aliphatic heterocycles. The maximum absolute atomic E-state index is 13.7. The van der Waals surface area contributed by atoms with Gasteiger partial charge in [-0.2, -0.15) is 5.06 Å². The van der Waals surface area contributed by atoms with Gasteiger partial charge in [-0.1, -0.05) is 37.3 Å². The lowest BCUT2D eigenvalue weighted by Gasteiger charge is -2.58. The van der Waals surface area contributed by atoms with Crippen LogP contribution in [-0.2, 0) is 20.9 Å². The number of ketones is 2. The van der Waals surface area contributed by atoms with Crippen LogP contribution < -0.4 is 0 Å². The van der Waals surface area contributed by atoms with Gasteiger partial charge in [-0.25, -0.2) is 0 Å². The van der Waals surface area contributed by atoms with Gasteiger partial charge in [0.2, 0.25) is 0 Å². The molecule has 200 valence electrons. The predicted molar refractivity (Wildman–Crippen MR) is 139 cm³/mol. The van der Waals surface area contributed by atoms with Crippen LogP contribution in [0.2, 0.25) is 0 Å². The Bertz CT molecular complexity index is 1130. The number of hydrogen-bond donors (Lipinski definition) is 2. The zero-order valence-corrected chi connectivity index (χ0v) is 22.6. The molecule has 8 atom stereocenters. The normalized spacial score (nSPS) is 38.6. The van der Waals surface area contributed by atoms with Crippen LogP contribution in [0.1, 0.15) is 52.0 Å². The van der Waals surface area contributed by atoms with Crippen LogP contribution in [-0.4, -0.2) is 50.5 Å². The minimum Gasteiger partial charge on any atom is -0.472 e. The highest BCUT2D eigenvalue weighted by Crippen LogP contribution is 2.67. The van der Waals surface area contributed by atoms with E-state index in [1.54, 1.807) is 24.7 Å². The molecule has 0 bridgehead atoms. The molecule has 0 aromatic carbocycles. The molecular weight excluding hydrogens is 490 g/mol. The highest BCUT2D eigenvalue weighted by molar-refractivity contribution is 8.14. The van der Waals surface area contributed by atoms with Crippen LogP contribution in [0.5, 0.6) is 0 Å². The Balaban J connectivity index is 1.45. The van der Waals surface area contributed by atoms with Crippen molar-refractivity contribution in [2.24, 2.45) is 40.4 Å². The van der Waals surface area contributed by atoms with Crippen molar-refractivity contribution in [2.75, 3.05) is 12.3 Å². The second-order valence-electron chi connectivity index (χ2n) is 12.0. The summed E-state index contributed by atoms with van der Waals surface area (Å²) in [6.45, 7) is 6.40. The van der Waals surface area contributed by atoms with E-state index in [-0.39, 0.29) is 57.4 Å². The first-order valence-corrected chi connectivity index (χ1v) is 14.2. The summed E-state index contributed by atoms with van der Waals surface area (Å²) in [4.78, 5) is 37.5. The molecule has 8 heteroatoms. The van der Waals surface area contributed by atoms with Crippen molar-refractivity contribution < 1.29 is 29.1 Å². The fourth-order valence-electron chi connectivity index (χ4n) is 8.51. The van der Waals surface area contributed by atoms with Gasteiger partial charge in [0.1, 0.15) is 5.78 Å². The Morgan fingerprint density at radius 3 is 2.78 bits per heavy atom. The third-order valence-corrected chi connectivity index (χ3v) is 10.7. The molecule has 1 heterocycles. The van der Waals surface area contributed by atoms with Gasteiger partial charge < -0.3 is 14.7 Å². The molecule has 2 N–H and O–H groups in total. The standard InChI is InChI=1S/C29H37NO6S/c1-17(31)37-16-25(34)26-19(14-30(35)13-18-7-9-36-15-18)10-23-22-5-4-20-11-21(32)6-8-28(20,2)27(22)24(33)12-29(23,26)3/h6-9,11,15,19,22-24,26-27,33,35H,4-5,10,12-14,16H2,1-3H3/t19-,22-,23?,24-,26+,27?,28-,29-/m0/s1. The summed E-state index contributed by atoms with van der Waals surface area (Å²) in [5.41, 5.74) is 1.16. The van der Waals surface area contributed by atoms with E-state index in [1.165, 1.54) is 12.0 Å². The fourth-order valence-corrected chi connectivity index (χ4v) is 9.03. The molecule has 1 aromatic heterocycles. The SMILES string of the molecule is CC(=O)SCC(=O)[C@H]1[C@H](CN(O)Cc2ccoc2)CC2[C@@H]3CCC4=CC(=O)C=C[C@]4(C)C3[C@@H](O)C[C@@]21C. The van der Waals surface area contributed by atoms with Crippen LogP contribution in [0.3, 0.4) is 0 Å². The van der Waals surface area contributed by atoms with Crippen molar-refractivity contribution in [3.05, 3.63) is 48.0 Å². The fraction of sp³-hybridized carbons (Fsp3) is 0.621. The van der Waals surface area contributed by atoms with E-state index in [1.807, 2.05) is 12.1 Å². The molecule has 2 unspecified atom stereocenters. The van der Waals surface area contributed by atoms with E-state index in [9.17, 15) is 24.7 Å². The summed E-state index contributed by atoms with van der Waals surface area (Å²) in [6.07, 6.45) is 10.9. The molecule has 3 saturated carbocycles. The maximum Gasteiger partial charge on any atom is 0.186 e. The number of hydroxylamine groups is 2. The van der Waals surface area contributed by atoms with Gasteiger partial charge in [0.05, 0.1) is 30.9 Å². The molecule has 7 nitrogen and oxygen atoms in total. The van der Waals surface area contributed by atoms with Gasteiger partial charge in [-0.15, -0.1) is 0 Å². The van der Waals surface area contributed by atoms with E-state index in [0.29, 0.717) is 19.5 Å². The lowest BCUT2D eigenvalue weighted by atomic mass is 9.46. The van der Waals surface area contributed by atoms with Crippen LogP contribution in [0, 0.1) is 40.4 Å². The molecule has 0 radical (unpaired) electrons. The van der Waals surface area contributed by atoms with Crippen molar-refractivity contribution >= 4 is 28.4 Å². The Morgan fingerprint density at radius 2 is 2.08 bits per heavy atom. The molecule has 1 aromatic rings. The third-order valence-electron chi connectivity index (χ3n) is 9.82. The number of fused-ring (bicyclic) bond motifs is 5. The summed E-state index contributed by atoms with van der Waals surface area (Å²) >= 11 is 1.04. The number of carbonyl (C=O) groups is 3. The van der Waals surface area contributed by atoms with Gasteiger partial charge in [-0.05, 0) is 67.1 Å². The number of aliphatic hydroxyl groups is 1. The number of furan rings is 1. The molecule has 3 fully saturated rings. The second kappa shape index (κ2) is 9.95. The van der Waals surface area contributed by atoms with E-state index < -0.39 is 11.5 Å². The summed E-state index contributed by atoms with van der Waals surface area (Å²) < 4.78 is 5.14. The van der Waals surface area contributed by atoms with Gasteiger partial charge in [0.15, 0.2) is 10.9 Å². The topological polar surface area (TPSA) is 108 Å². The number of allylic oxidation sites excluding steroid dienone is 4. The number of rotatable bonds is 7. The number of hydrogen-bond acceptors (Lipinski definition) is 8. The lowest BCUT2D eigenvalue weighted by Crippen LogP contribution is -2.56. The first-order valence-electron chi connectivity index (χ1n) is 13.3. The average molecular weight is 528 g/mol. The largest absolute Gasteiger partial charge is 0.472 e. The highest BCUT2D eigenvalue weighted by Gasteiger charge is 2.64. The smallest absolute Gasteiger partial charge is 0.186 e. The maximum atomic E-state index is 13.7. The Morgan fingerprint density at radius 1 is 1.30 bits per heavy atom. The van der Waals surface area contributed by atoms with E-state index in [4.69, 9.17) is 4.42 Å². The molecule has 0 spiro atoms. The lowest BCUT2D eigenvalue weighted by molar-refractivity contribution is -0.142. The Labute approximate surface area is 222 Å². The summed E-state index contributed by atoms with van der Waals surface area (Å²) in [6, 6.07) is 1.81. The molecule has 0 amide bonds. The van der Waals surface area contributed by atoms with Gasteiger partial charge in [0.25, 0.3) is 0 Å².